The van der Waals surface area contributed by atoms with E-state index in [1.165, 1.54) is 36.4 Å². The second-order valence-electron chi connectivity index (χ2n) is 7.10. The molecule has 0 aliphatic carbocycles. The van der Waals surface area contributed by atoms with E-state index in [-0.39, 0.29) is 27.9 Å². The molecule has 10 heteroatoms. The number of hydrogen-bond donors (Lipinski definition) is 2. The highest BCUT2D eigenvalue weighted by Gasteiger charge is 2.44. The number of nitriles is 2. The molecule has 0 saturated heterocycles. The minimum atomic E-state index is -4.95. The molecule has 2 aromatic carbocycles. The molecule has 160 valence electrons. The van der Waals surface area contributed by atoms with Crippen molar-refractivity contribution < 1.29 is 17.6 Å². The SMILES string of the molecule is Cc1[nH]nc2cc(F)c(C3C(C#N)=C(c4ccc(Cl)cc4)NC(C(F)(F)F)=C3C#N)cc12. The molecule has 32 heavy (non-hydrogen) atoms. The van der Waals surface area contributed by atoms with Crippen molar-refractivity contribution in [1.29, 1.82) is 10.5 Å². The molecule has 0 radical (unpaired) electrons. The van der Waals surface area contributed by atoms with Crippen molar-refractivity contribution in [3.05, 3.63) is 80.9 Å². The smallest absolute Gasteiger partial charge is 0.349 e. The fourth-order valence-corrected chi connectivity index (χ4v) is 3.84. The van der Waals surface area contributed by atoms with Gasteiger partial charge in [0, 0.05) is 27.7 Å². The number of aryl methyl sites for hydroxylation is 1. The van der Waals surface area contributed by atoms with Gasteiger partial charge in [-0.3, -0.25) is 5.10 Å². The summed E-state index contributed by atoms with van der Waals surface area (Å²) < 4.78 is 56.8. The number of nitrogens with one attached hydrogen (secondary N) is 2. The summed E-state index contributed by atoms with van der Waals surface area (Å²) in [6.07, 6.45) is -4.95. The van der Waals surface area contributed by atoms with E-state index in [1.807, 2.05) is 6.07 Å². The van der Waals surface area contributed by atoms with Crippen molar-refractivity contribution in [2.45, 2.75) is 19.0 Å². The normalized spacial score (nSPS) is 16.7. The zero-order valence-electron chi connectivity index (χ0n) is 16.3. The van der Waals surface area contributed by atoms with Crippen LogP contribution in [-0.4, -0.2) is 16.4 Å². The molecule has 1 aromatic heterocycles. The minimum Gasteiger partial charge on any atom is -0.349 e. The van der Waals surface area contributed by atoms with Crippen LogP contribution in [0.25, 0.3) is 16.6 Å². The Morgan fingerprint density at radius 1 is 1.06 bits per heavy atom. The molecular formula is C22H12ClF4N5. The number of alkyl halides is 3. The Kier molecular flexibility index (Phi) is 5.15. The number of halogens is 5. The number of H-pyrrole nitrogens is 1. The average Bonchev–Trinajstić information content (AvgIpc) is 3.11. The highest BCUT2D eigenvalue weighted by Crippen LogP contribution is 2.45. The number of hydrogen-bond acceptors (Lipinski definition) is 4. The van der Waals surface area contributed by atoms with E-state index >= 15 is 4.39 Å². The van der Waals surface area contributed by atoms with Gasteiger partial charge in [-0.15, -0.1) is 0 Å². The molecule has 1 aliphatic heterocycles. The third-order valence-corrected chi connectivity index (χ3v) is 5.45. The zero-order valence-corrected chi connectivity index (χ0v) is 17.0. The fourth-order valence-electron chi connectivity index (χ4n) is 3.71. The summed E-state index contributed by atoms with van der Waals surface area (Å²) >= 11 is 5.88. The molecule has 1 atom stereocenters. The van der Waals surface area contributed by atoms with Gasteiger partial charge < -0.3 is 5.32 Å². The maximum Gasteiger partial charge on any atom is 0.432 e. The van der Waals surface area contributed by atoms with Crippen LogP contribution in [0.4, 0.5) is 17.6 Å². The highest BCUT2D eigenvalue weighted by atomic mass is 35.5. The van der Waals surface area contributed by atoms with E-state index in [0.29, 0.717) is 16.1 Å². The van der Waals surface area contributed by atoms with Crippen LogP contribution >= 0.6 is 11.6 Å². The van der Waals surface area contributed by atoms with Gasteiger partial charge >= 0.3 is 6.18 Å². The Labute approximate surface area is 184 Å². The van der Waals surface area contributed by atoms with Crippen molar-refractivity contribution in [3.63, 3.8) is 0 Å². The molecule has 2 N–H and O–H groups in total. The largest absolute Gasteiger partial charge is 0.432 e. The number of benzene rings is 2. The first kappa shape index (κ1) is 21.4. The second kappa shape index (κ2) is 7.70. The lowest BCUT2D eigenvalue weighted by Crippen LogP contribution is -2.33. The molecule has 5 nitrogen and oxygen atoms in total. The molecule has 1 unspecified atom stereocenters. The van der Waals surface area contributed by atoms with E-state index < -0.39 is 29.2 Å². The van der Waals surface area contributed by atoms with Crippen LogP contribution < -0.4 is 5.32 Å². The molecule has 0 amide bonds. The van der Waals surface area contributed by atoms with Crippen molar-refractivity contribution in [2.24, 2.45) is 0 Å². The molecule has 2 heterocycles. The number of fused-ring (bicyclic) bond motifs is 1. The predicted octanol–water partition coefficient (Wildman–Crippen LogP) is 5.63. The second-order valence-corrected chi connectivity index (χ2v) is 7.54. The fraction of sp³-hybridized carbons (Fsp3) is 0.136. The lowest BCUT2D eigenvalue weighted by Gasteiger charge is -2.30. The highest BCUT2D eigenvalue weighted by molar-refractivity contribution is 6.30. The van der Waals surface area contributed by atoms with Crippen molar-refractivity contribution in [3.8, 4) is 12.1 Å². The quantitative estimate of drug-likeness (QED) is 0.488. The van der Waals surface area contributed by atoms with E-state index in [4.69, 9.17) is 11.6 Å². The van der Waals surface area contributed by atoms with E-state index in [0.717, 1.165) is 6.07 Å². The Hall–Kier alpha value is -3.82. The molecule has 0 saturated carbocycles. The Balaban J connectivity index is 2.06. The summed E-state index contributed by atoms with van der Waals surface area (Å²) in [6, 6.07) is 11.6. The summed E-state index contributed by atoms with van der Waals surface area (Å²) in [5, 5.41) is 29.2. The zero-order chi connectivity index (χ0) is 23.2. The van der Waals surface area contributed by atoms with Crippen LogP contribution in [0.2, 0.25) is 5.02 Å². The van der Waals surface area contributed by atoms with Gasteiger partial charge in [0.1, 0.15) is 11.5 Å². The topological polar surface area (TPSA) is 88.3 Å². The first-order valence-electron chi connectivity index (χ1n) is 9.18. The molecule has 0 fully saturated rings. The van der Waals surface area contributed by atoms with Gasteiger partial charge in [0.25, 0.3) is 0 Å². The van der Waals surface area contributed by atoms with Crippen LogP contribution in [0.1, 0.15) is 22.7 Å². The first-order chi connectivity index (χ1) is 15.2. The van der Waals surface area contributed by atoms with Gasteiger partial charge in [0.15, 0.2) is 0 Å². The van der Waals surface area contributed by atoms with Crippen LogP contribution in [-0.2, 0) is 0 Å². The van der Waals surface area contributed by atoms with Crippen molar-refractivity contribution in [2.75, 3.05) is 0 Å². The molecule has 0 bridgehead atoms. The van der Waals surface area contributed by atoms with Crippen molar-refractivity contribution in [1.82, 2.24) is 15.5 Å². The maximum atomic E-state index is 15.1. The molecule has 1 aliphatic rings. The average molecular weight is 458 g/mol. The lowest BCUT2D eigenvalue weighted by molar-refractivity contribution is -0.0962. The number of aromatic nitrogens is 2. The predicted molar refractivity (Wildman–Crippen MR) is 109 cm³/mol. The van der Waals surface area contributed by atoms with Crippen molar-refractivity contribution >= 4 is 28.2 Å². The number of rotatable bonds is 2. The molecule has 3 aromatic rings. The first-order valence-corrected chi connectivity index (χ1v) is 9.56. The summed E-state index contributed by atoms with van der Waals surface area (Å²) in [7, 11) is 0. The minimum absolute atomic E-state index is 0.177. The number of allylic oxidation sites excluding steroid dienone is 3. The Morgan fingerprint density at radius 2 is 1.72 bits per heavy atom. The van der Waals surface area contributed by atoms with E-state index in [2.05, 4.69) is 15.5 Å². The maximum absolute atomic E-state index is 15.1. The van der Waals surface area contributed by atoms with Gasteiger partial charge in [-0.2, -0.15) is 28.8 Å². The van der Waals surface area contributed by atoms with Crippen LogP contribution in [0.15, 0.2) is 53.2 Å². The summed E-state index contributed by atoms with van der Waals surface area (Å²) in [4.78, 5) is 0. The third-order valence-electron chi connectivity index (χ3n) is 5.20. The van der Waals surface area contributed by atoms with E-state index in [9.17, 15) is 23.7 Å². The Bertz CT molecular complexity index is 1390. The third kappa shape index (κ3) is 3.47. The lowest BCUT2D eigenvalue weighted by atomic mass is 9.79. The Morgan fingerprint density at radius 3 is 2.31 bits per heavy atom. The number of aromatic amines is 1. The van der Waals surface area contributed by atoms with Crippen LogP contribution in [0.3, 0.4) is 0 Å². The number of dihydropyridines is 1. The van der Waals surface area contributed by atoms with Gasteiger partial charge in [-0.05, 0) is 30.7 Å². The molecule has 4 rings (SSSR count). The van der Waals surface area contributed by atoms with Crippen LogP contribution in [0.5, 0.6) is 0 Å². The standard InChI is InChI=1S/C22H12ClF4N5/c1-10-13-6-14(17(24)7-18(13)32-31-10)19-15(8-28)20(11-2-4-12(23)5-3-11)30-21(16(19)9-29)22(25,26)27/h2-7,19,30H,1H3,(H,31,32). The number of nitrogens with zero attached hydrogens (tertiary/aromatic N) is 3. The van der Waals surface area contributed by atoms with Crippen LogP contribution in [0, 0.1) is 35.4 Å². The van der Waals surface area contributed by atoms with Gasteiger partial charge in [0.05, 0.1) is 40.4 Å². The summed E-state index contributed by atoms with van der Waals surface area (Å²) in [5.74, 6) is -2.46. The summed E-state index contributed by atoms with van der Waals surface area (Å²) in [6.45, 7) is 1.67. The van der Waals surface area contributed by atoms with Gasteiger partial charge in [-0.1, -0.05) is 23.7 Å². The monoisotopic (exact) mass is 457 g/mol. The molecular weight excluding hydrogens is 446 g/mol. The summed E-state index contributed by atoms with van der Waals surface area (Å²) in [5.41, 5.74) is -1.71. The van der Waals surface area contributed by atoms with Gasteiger partial charge in [0.2, 0.25) is 0 Å². The van der Waals surface area contributed by atoms with Gasteiger partial charge in [-0.25, -0.2) is 4.39 Å². The van der Waals surface area contributed by atoms with E-state index in [1.54, 1.807) is 6.92 Å². The molecule has 0 spiro atoms.